The fourth-order valence-corrected chi connectivity index (χ4v) is 3.92. The summed E-state index contributed by atoms with van der Waals surface area (Å²) in [5, 5.41) is 2.75. The Morgan fingerprint density at radius 3 is 2.59 bits per heavy atom. The van der Waals surface area contributed by atoms with Crippen LogP contribution in [0.2, 0.25) is 0 Å². The molecule has 0 bridgehead atoms. The minimum Gasteiger partial charge on any atom is -0.382 e. The average Bonchev–Trinajstić information content (AvgIpc) is 2.83. The van der Waals surface area contributed by atoms with Crippen LogP contribution in [0.1, 0.15) is 37.0 Å². The van der Waals surface area contributed by atoms with Gasteiger partial charge in [0, 0.05) is 18.2 Å². The number of aryl methyl sites for hydroxylation is 1. The van der Waals surface area contributed by atoms with Crippen LogP contribution in [0.15, 0.2) is 5.38 Å². The standard InChI is InChI=1S/C14H26N2O4S2/c1-11(2)9-13(14-15-12(3)10-21-14)16-22(17,18)8-7-20-6-5-19-4/h10-11,13,16H,5-9H2,1-4H3. The highest BCUT2D eigenvalue weighted by atomic mass is 32.2. The van der Waals surface area contributed by atoms with Gasteiger partial charge in [0.25, 0.3) is 0 Å². The molecule has 1 N–H and O–H groups in total. The lowest BCUT2D eigenvalue weighted by molar-refractivity contribution is 0.0784. The molecule has 128 valence electrons. The molecule has 1 heterocycles. The molecule has 0 aliphatic heterocycles. The third-order valence-corrected chi connectivity index (χ3v) is 5.32. The van der Waals surface area contributed by atoms with Crippen LogP contribution in [-0.4, -0.2) is 46.1 Å². The Bertz CT molecular complexity index is 529. The van der Waals surface area contributed by atoms with Crippen LogP contribution in [0.25, 0.3) is 0 Å². The van der Waals surface area contributed by atoms with Crippen molar-refractivity contribution in [2.45, 2.75) is 33.2 Å². The molecule has 1 rings (SSSR count). The lowest BCUT2D eigenvalue weighted by Crippen LogP contribution is -2.33. The third-order valence-electron chi connectivity index (χ3n) is 2.89. The highest BCUT2D eigenvalue weighted by Crippen LogP contribution is 2.25. The number of nitrogens with zero attached hydrogens (tertiary/aromatic N) is 1. The molecule has 22 heavy (non-hydrogen) atoms. The maximum atomic E-state index is 12.2. The number of rotatable bonds is 11. The van der Waals surface area contributed by atoms with E-state index in [4.69, 9.17) is 9.47 Å². The second kappa shape index (κ2) is 9.57. The number of ether oxygens (including phenoxy) is 2. The zero-order valence-corrected chi connectivity index (χ0v) is 15.3. The molecule has 1 aromatic rings. The summed E-state index contributed by atoms with van der Waals surface area (Å²) < 4.78 is 37.2. The van der Waals surface area contributed by atoms with E-state index in [-0.39, 0.29) is 18.4 Å². The van der Waals surface area contributed by atoms with E-state index >= 15 is 0 Å². The number of sulfonamides is 1. The average molecular weight is 351 g/mol. The van der Waals surface area contributed by atoms with E-state index in [0.29, 0.717) is 19.1 Å². The van der Waals surface area contributed by atoms with Crippen LogP contribution in [-0.2, 0) is 19.5 Å². The first-order chi connectivity index (χ1) is 10.3. The smallest absolute Gasteiger partial charge is 0.214 e. The largest absolute Gasteiger partial charge is 0.382 e. The second-order valence-electron chi connectivity index (χ2n) is 5.55. The Morgan fingerprint density at radius 1 is 1.32 bits per heavy atom. The predicted molar refractivity (Wildman–Crippen MR) is 88.7 cm³/mol. The van der Waals surface area contributed by atoms with Gasteiger partial charge in [-0.05, 0) is 19.3 Å². The van der Waals surface area contributed by atoms with Crippen molar-refractivity contribution in [2.75, 3.05) is 32.7 Å². The van der Waals surface area contributed by atoms with E-state index in [1.807, 2.05) is 12.3 Å². The molecule has 0 aromatic carbocycles. The van der Waals surface area contributed by atoms with Crippen molar-refractivity contribution >= 4 is 21.4 Å². The molecular formula is C14H26N2O4S2. The summed E-state index contributed by atoms with van der Waals surface area (Å²) in [6.07, 6.45) is 0.719. The summed E-state index contributed by atoms with van der Waals surface area (Å²) in [6, 6.07) is -0.275. The van der Waals surface area contributed by atoms with Gasteiger partial charge in [0.1, 0.15) is 5.01 Å². The van der Waals surface area contributed by atoms with Gasteiger partial charge in [-0.3, -0.25) is 0 Å². The van der Waals surface area contributed by atoms with Gasteiger partial charge in [0.2, 0.25) is 10.0 Å². The first-order valence-corrected chi connectivity index (χ1v) is 9.86. The Kier molecular flexibility index (Phi) is 8.48. The summed E-state index contributed by atoms with van der Waals surface area (Å²) in [6.45, 7) is 7.05. The van der Waals surface area contributed by atoms with Crippen LogP contribution in [0, 0.1) is 12.8 Å². The van der Waals surface area contributed by atoms with E-state index in [0.717, 1.165) is 17.1 Å². The third kappa shape index (κ3) is 7.64. The van der Waals surface area contributed by atoms with Gasteiger partial charge in [-0.15, -0.1) is 11.3 Å². The molecule has 0 radical (unpaired) electrons. The number of aromatic nitrogens is 1. The molecule has 0 aliphatic rings. The fourth-order valence-electron chi connectivity index (χ4n) is 1.89. The van der Waals surface area contributed by atoms with E-state index < -0.39 is 10.0 Å². The zero-order chi connectivity index (χ0) is 16.6. The first-order valence-electron chi connectivity index (χ1n) is 7.32. The van der Waals surface area contributed by atoms with E-state index in [1.54, 1.807) is 7.11 Å². The van der Waals surface area contributed by atoms with Crippen molar-refractivity contribution in [3.63, 3.8) is 0 Å². The summed E-state index contributed by atoms with van der Waals surface area (Å²) in [5.41, 5.74) is 0.913. The molecule has 1 atom stereocenters. The molecule has 6 nitrogen and oxygen atoms in total. The summed E-state index contributed by atoms with van der Waals surface area (Å²) >= 11 is 1.49. The van der Waals surface area contributed by atoms with Gasteiger partial charge >= 0.3 is 0 Å². The normalized spacial score (nSPS) is 13.7. The molecule has 0 aliphatic carbocycles. The summed E-state index contributed by atoms with van der Waals surface area (Å²) in [5.74, 6) is 0.310. The van der Waals surface area contributed by atoms with Crippen LogP contribution < -0.4 is 4.72 Å². The monoisotopic (exact) mass is 350 g/mol. The summed E-state index contributed by atoms with van der Waals surface area (Å²) in [7, 11) is -1.82. The Balaban J connectivity index is 2.60. The number of hydrogen-bond donors (Lipinski definition) is 1. The molecule has 0 amide bonds. The number of thiazole rings is 1. The lowest BCUT2D eigenvalue weighted by atomic mass is 10.1. The maximum Gasteiger partial charge on any atom is 0.214 e. The van der Waals surface area contributed by atoms with Crippen molar-refractivity contribution in [1.82, 2.24) is 9.71 Å². The van der Waals surface area contributed by atoms with Gasteiger partial charge in [0.15, 0.2) is 0 Å². The van der Waals surface area contributed by atoms with E-state index in [1.165, 1.54) is 11.3 Å². The van der Waals surface area contributed by atoms with Crippen molar-refractivity contribution in [2.24, 2.45) is 5.92 Å². The molecule has 0 spiro atoms. The number of hydrogen-bond acceptors (Lipinski definition) is 6. The minimum absolute atomic E-state index is 0.0599. The van der Waals surface area contributed by atoms with Gasteiger partial charge in [-0.1, -0.05) is 13.8 Å². The molecule has 0 saturated heterocycles. The highest BCUT2D eigenvalue weighted by Gasteiger charge is 2.22. The van der Waals surface area contributed by atoms with Crippen LogP contribution in [0.3, 0.4) is 0 Å². The Labute approximate surface area is 137 Å². The summed E-state index contributed by atoms with van der Waals surface area (Å²) in [4.78, 5) is 4.41. The molecule has 8 heteroatoms. The van der Waals surface area contributed by atoms with E-state index in [9.17, 15) is 8.42 Å². The number of nitrogens with one attached hydrogen (secondary N) is 1. The predicted octanol–water partition coefficient (Wildman–Crippen LogP) is 2.12. The Hall–Kier alpha value is -0.540. The van der Waals surface area contributed by atoms with Crippen molar-refractivity contribution in [3.05, 3.63) is 16.1 Å². The zero-order valence-electron chi connectivity index (χ0n) is 13.7. The van der Waals surface area contributed by atoms with Crippen molar-refractivity contribution in [1.29, 1.82) is 0 Å². The molecular weight excluding hydrogens is 324 g/mol. The van der Waals surface area contributed by atoms with Crippen LogP contribution >= 0.6 is 11.3 Å². The van der Waals surface area contributed by atoms with Gasteiger partial charge in [0.05, 0.1) is 31.6 Å². The van der Waals surface area contributed by atoms with Crippen molar-refractivity contribution < 1.29 is 17.9 Å². The van der Waals surface area contributed by atoms with Crippen LogP contribution in [0.4, 0.5) is 0 Å². The van der Waals surface area contributed by atoms with E-state index in [2.05, 4.69) is 23.6 Å². The second-order valence-corrected chi connectivity index (χ2v) is 8.31. The van der Waals surface area contributed by atoms with Gasteiger partial charge < -0.3 is 9.47 Å². The lowest BCUT2D eigenvalue weighted by Gasteiger charge is -2.18. The topological polar surface area (TPSA) is 77.5 Å². The van der Waals surface area contributed by atoms with Gasteiger partial charge in [-0.2, -0.15) is 0 Å². The minimum atomic E-state index is -3.40. The number of methoxy groups -OCH3 is 1. The Morgan fingerprint density at radius 2 is 2.05 bits per heavy atom. The molecule has 0 saturated carbocycles. The highest BCUT2D eigenvalue weighted by molar-refractivity contribution is 7.89. The first kappa shape index (κ1) is 19.5. The quantitative estimate of drug-likeness (QED) is 0.619. The van der Waals surface area contributed by atoms with Crippen molar-refractivity contribution in [3.8, 4) is 0 Å². The maximum absolute atomic E-state index is 12.2. The van der Waals surface area contributed by atoms with Gasteiger partial charge in [-0.25, -0.2) is 18.1 Å². The molecule has 1 unspecified atom stereocenters. The fraction of sp³-hybridized carbons (Fsp3) is 0.786. The molecule has 0 fully saturated rings. The van der Waals surface area contributed by atoms with Crippen LogP contribution in [0.5, 0.6) is 0 Å². The SMILES string of the molecule is COCCOCCS(=O)(=O)NC(CC(C)C)c1nc(C)cs1. The molecule has 1 aromatic heterocycles.